The van der Waals surface area contributed by atoms with E-state index < -0.39 is 0 Å². The van der Waals surface area contributed by atoms with Crippen molar-refractivity contribution in [1.29, 1.82) is 5.26 Å². The van der Waals surface area contributed by atoms with Crippen LogP contribution in [0, 0.1) is 11.5 Å². The first kappa shape index (κ1) is 7.13. The Morgan fingerprint density at radius 1 is 1.45 bits per heavy atom. The Morgan fingerprint density at radius 3 is 2.82 bits per heavy atom. The number of hydrogen-bond acceptors (Lipinski definition) is 2. The summed E-state index contributed by atoms with van der Waals surface area (Å²) in [5.74, 6) is 0. The minimum Gasteiger partial charge on any atom is -0.361 e. The number of aliphatic imine (C=N–C) groups is 1. The smallest absolute Gasteiger partial charge is 0.341 e. The van der Waals surface area contributed by atoms with Gasteiger partial charge in [-0.15, -0.1) is 0 Å². The summed E-state index contributed by atoms with van der Waals surface area (Å²) in [5.41, 5.74) is 9.07. The summed E-state index contributed by atoms with van der Waals surface area (Å²) in [7, 11) is 0. The van der Waals surface area contributed by atoms with Gasteiger partial charge in [-0.1, -0.05) is 12.2 Å². The van der Waals surface area contributed by atoms with Crippen molar-refractivity contribution in [3.8, 4) is 6.19 Å². The lowest BCUT2D eigenvalue weighted by Crippen LogP contribution is -2.11. The summed E-state index contributed by atoms with van der Waals surface area (Å²) in [6.45, 7) is 0. The van der Waals surface area contributed by atoms with Crippen LogP contribution in [0.2, 0.25) is 0 Å². The van der Waals surface area contributed by atoms with Crippen LogP contribution in [0.1, 0.15) is 0 Å². The summed E-state index contributed by atoms with van der Waals surface area (Å²) in [6, 6.07) is 0. The van der Waals surface area contributed by atoms with Crippen LogP contribution in [0.3, 0.4) is 0 Å². The highest BCUT2D eigenvalue weighted by atomic mass is 14.9. The third kappa shape index (κ3) is 1.48. The van der Waals surface area contributed by atoms with E-state index in [1.807, 2.05) is 0 Å². The fraction of sp³-hybridized carbons (Fsp3) is 0. The molecule has 0 unspecified atom stereocenters. The Morgan fingerprint density at radius 2 is 2.18 bits per heavy atom. The van der Waals surface area contributed by atoms with E-state index in [1.54, 1.807) is 30.5 Å². The van der Waals surface area contributed by atoms with Gasteiger partial charge in [-0.2, -0.15) is 15.0 Å². The lowest BCUT2D eigenvalue weighted by Gasteiger charge is -1.90. The van der Waals surface area contributed by atoms with Crippen molar-refractivity contribution >= 4 is 11.4 Å². The molecule has 0 radical (unpaired) electrons. The van der Waals surface area contributed by atoms with E-state index in [1.165, 1.54) is 0 Å². The highest BCUT2D eigenvalue weighted by molar-refractivity contribution is 6.49. The summed E-state index contributed by atoms with van der Waals surface area (Å²) in [4.78, 5) is 6.37. The Labute approximate surface area is 63.4 Å². The number of nitriles is 1. The van der Waals surface area contributed by atoms with Gasteiger partial charge in [0.2, 0.25) is 6.19 Å². The van der Waals surface area contributed by atoms with Gasteiger partial charge < -0.3 is 5.53 Å². The SMILES string of the molecule is N#CN=C1C=CC=CC1=[N+]=[N-]. The minimum atomic E-state index is 0.300. The van der Waals surface area contributed by atoms with Crippen molar-refractivity contribution in [3.63, 3.8) is 0 Å². The maximum atomic E-state index is 8.40. The molecular formula is C7H4N4. The van der Waals surface area contributed by atoms with E-state index in [2.05, 4.69) is 9.78 Å². The molecule has 0 aromatic heterocycles. The van der Waals surface area contributed by atoms with Crippen LogP contribution >= 0.6 is 0 Å². The molecule has 4 heteroatoms. The second-order valence-electron chi connectivity index (χ2n) is 1.80. The molecule has 1 aliphatic rings. The number of allylic oxidation sites excluding steroid dienone is 4. The molecule has 11 heavy (non-hydrogen) atoms. The van der Waals surface area contributed by atoms with Crippen LogP contribution in [0.4, 0.5) is 0 Å². The van der Waals surface area contributed by atoms with Crippen LogP contribution in [-0.4, -0.2) is 16.2 Å². The van der Waals surface area contributed by atoms with Crippen molar-refractivity contribution in [1.82, 2.24) is 0 Å². The molecule has 0 amide bonds. The summed E-state index contributed by atoms with van der Waals surface area (Å²) in [6.07, 6.45) is 8.19. The first-order valence-corrected chi connectivity index (χ1v) is 2.92. The number of rotatable bonds is 0. The zero-order valence-electron chi connectivity index (χ0n) is 5.60. The Bertz CT molecular complexity index is 334. The first-order valence-electron chi connectivity index (χ1n) is 2.92. The summed E-state index contributed by atoms with van der Waals surface area (Å²) < 4.78 is 0. The second kappa shape index (κ2) is 3.25. The lowest BCUT2D eigenvalue weighted by atomic mass is 10.1. The van der Waals surface area contributed by atoms with Crippen LogP contribution in [0.5, 0.6) is 0 Å². The first-order chi connectivity index (χ1) is 5.38. The molecule has 0 heterocycles. The molecule has 0 aromatic rings. The Kier molecular flexibility index (Phi) is 2.11. The molecule has 1 aliphatic carbocycles. The van der Waals surface area contributed by atoms with Gasteiger partial charge >= 0.3 is 5.71 Å². The van der Waals surface area contributed by atoms with E-state index >= 15 is 0 Å². The fourth-order valence-electron chi connectivity index (χ4n) is 0.697. The quantitative estimate of drug-likeness (QED) is 0.213. The van der Waals surface area contributed by atoms with Gasteiger partial charge in [0.15, 0.2) is 5.71 Å². The third-order valence-corrected chi connectivity index (χ3v) is 1.16. The van der Waals surface area contributed by atoms with Crippen molar-refractivity contribution in [3.05, 3.63) is 29.8 Å². The Balaban J connectivity index is 3.10. The van der Waals surface area contributed by atoms with E-state index in [-0.39, 0.29) is 0 Å². The largest absolute Gasteiger partial charge is 0.361 e. The van der Waals surface area contributed by atoms with Gasteiger partial charge in [-0.3, -0.25) is 0 Å². The highest BCUT2D eigenvalue weighted by Gasteiger charge is 2.12. The van der Waals surface area contributed by atoms with E-state index in [4.69, 9.17) is 10.8 Å². The fourth-order valence-corrected chi connectivity index (χ4v) is 0.697. The van der Waals surface area contributed by atoms with Gasteiger partial charge in [-0.05, 0) is 6.08 Å². The average Bonchev–Trinajstić information content (AvgIpc) is 2.06. The van der Waals surface area contributed by atoms with E-state index in [0.29, 0.717) is 11.4 Å². The molecule has 4 nitrogen and oxygen atoms in total. The van der Waals surface area contributed by atoms with Crippen molar-refractivity contribution in [2.24, 2.45) is 4.99 Å². The summed E-state index contributed by atoms with van der Waals surface area (Å²) in [5, 5.41) is 8.20. The third-order valence-electron chi connectivity index (χ3n) is 1.16. The van der Waals surface area contributed by atoms with Crippen LogP contribution in [0.25, 0.3) is 5.53 Å². The normalized spacial score (nSPS) is 18.1. The molecular weight excluding hydrogens is 140 g/mol. The maximum Gasteiger partial charge on any atom is 0.341 e. The maximum absolute atomic E-state index is 8.40. The van der Waals surface area contributed by atoms with E-state index in [0.717, 1.165) is 0 Å². The van der Waals surface area contributed by atoms with Crippen LogP contribution in [-0.2, 0) is 0 Å². The lowest BCUT2D eigenvalue weighted by molar-refractivity contribution is 0.000191. The average molecular weight is 144 g/mol. The van der Waals surface area contributed by atoms with Gasteiger partial charge in [-0.25, -0.2) is 0 Å². The summed E-state index contributed by atoms with van der Waals surface area (Å²) >= 11 is 0. The zero-order valence-corrected chi connectivity index (χ0v) is 5.60. The molecule has 0 aliphatic heterocycles. The monoisotopic (exact) mass is 144 g/mol. The van der Waals surface area contributed by atoms with Gasteiger partial charge in [0.05, 0.1) is 0 Å². The molecule has 0 atom stereocenters. The van der Waals surface area contributed by atoms with Crippen molar-refractivity contribution < 1.29 is 4.79 Å². The predicted octanol–water partition coefficient (Wildman–Crippen LogP) is 0.705. The van der Waals surface area contributed by atoms with Gasteiger partial charge in [0.25, 0.3) is 0 Å². The zero-order chi connectivity index (χ0) is 8.10. The molecule has 0 spiro atoms. The predicted molar refractivity (Wildman–Crippen MR) is 40.0 cm³/mol. The topological polar surface area (TPSA) is 72.5 Å². The number of hydrogen-bond donors (Lipinski definition) is 0. The minimum absolute atomic E-state index is 0.300. The standard InChI is InChI=1S/C7H4N4/c8-5-10-6-3-1-2-4-7(6)11-9/h1-4H. The molecule has 52 valence electrons. The second-order valence-corrected chi connectivity index (χ2v) is 1.80. The highest BCUT2D eigenvalue weighted by Crippen LogP contribution is 1.94. The molecule has 0 saturated carbocycles. The van der Waals surface area contributed by atoms with Crippen LogP contribution < -0.4 is 0 Å². The molecule has 0 N–H and O–H groups in total. The molecule has 1 rings (SSSR count). The Hall–Kier alpha value is -1.98. The van der Waals surface area contributed by atoms with E-state index in [9.17, 15) is 0 Å². The van der Waals surface area contributed by atoms with Crippen molar-refractivity contribution in [2.75, 3.05) is 0 Å². The van der Waals surface area contributed by atoms with Gasteiger partial charge in [0, 0.05) is 6.08 Å². The molecule has 0 aromatic carbocycles. The van der Waals surface area contributed by atoms with Gasteiger partial charge in [0.1, 0.15) is 0 Å². The molecule has 0 bridgehead atoms. The van der Waals surface area contributed by atoms with Crippen molar-refractivity contribution in [2.45, 2.75) is 0 Å². The van der Waals surface area contributed by atoms with Crippen LogP contribution in [0.15, 0.2) is 29.3 Å². The molecule has 0 saturated heterocycles. The molecule has 0 fully saturated rings. The number of nitrogens with zero attached hydrogens (tertiary/aromatic N) is 4.